The second kappa shape index (κ2) is 3.31. The van der Waals surface area contributed by atoms with Crippen LogP contribution in [0.3, 0.4) is 0 Å². The van der Waals surface area contributed by atoms with Gasteiger partial charge in [-0.25, -0.2) is 13.6 Å². The SMILES string of the molecule is O=C1OCCc2c(Br)c(F)cc(F)c21. The molecule has 0 aromatic heterocycles. The van der Waals surface area contributed by atoms with Gasteiger partial charge in [-0.1, -0.05) is 0 Å². The van der Waals surface area contributed by atoms with Crippen LogP contribution in [0.5, 0.6) is 0 Å². The molecule has 5 heteroatoms. The molecule has 14 heavy (non-hydrogen) atoms. The molecule has 0 aliphatic carbocycles. The van der Waals surface area contributed by atoms with Gasteiger partial charge in [0.15, 0.2) is 0 Å². The molecule has 0 bridgehead atoms. The first-order valence-corrected chi connectivity index (χ1v) is 4.74. The minimum Gasteiger partial charge on any atom is -0.462 e. The molecule has 1 aromatic carbocycles. The number of fused-ring (bicyclic) bond motifs is 1. The van der Waals surface area contributed by atoms with Crippen molar-refractivity contribution in [2.45, 2.75) is 6.42 Å². The third-order valence-electron chi connectivity index (χ3n) is 2.06. The first-order valence-electron chi connectivity index (χ1n) is 3.94. The van der Waals surface area contributed by atoms with E-state index in [1.807, 2.05) is 0 Å². The summed E-state index contributed by atoms with van der Waals surface area (Å²) in [5, 5.41) is 0. The summed E-state index contributed by atoms with van der Waals surface area (Å²) in [7, 11) is 0. The van der Waals surface area contributed by atoms with E-state index in [9.17, 15) is 13.6 Å². The van der Waals surface area contributed by atoms with Crippen LogP contribution in [0.2, 0.25) is 0 Å². The van der Waals surface area contributed by atoms with Gasteiger partial charge in [-0.15, -0.1) is 0 Å². The predicted molar refractivity (Wildman–Crippen MR) is 48.0 cm³/mol. The molecule has 0 N–H and O–H groups in total. The molecule has 0 atom stereocenters. The van der Waals surface area contributed by atoms with Crippen molar-refractivity contribution in [1.29, 1.82) is 0 Å². The summed E-state index contributed by atoms with van der Waals surface area (Å²) in [5.41, 5.74) is 0.184. The van der Waals surface area contributed by atoms with Gasteiger partial charge in [-0.2, -0.15) is 0 Å². The minimum absolute atomic E-state index is 0.144. The number of hydrogen-bond donors (Lipinski definition) is 0. The quantitative estimate of drug-likeness (QED) is 0.530. The Morgan fingerprint density at radius 2 is 2.07 bits per heavy atom. The number of ether oxygens (including phenoxy) is 1. The molecule has 0 fully saturated rings. The second-order valence-corrected chi connectivity index (χ2v) is 3.69. The van der Waals surface area contributed by atoms with Crippen molar-refractivity contribution in [3.05, 3.63) is 33.3 Å². The Labute approximate surface area is 87.0 Å². The summed E-state index contributed by atoms with van der Waals surface area (Å²) in [6.45, 7) is 0.160. The fourth-order valence-electron chi connectivity index (χ4n) is 1.42. The molecular formula is C9H5BrF2O2. The van der Waals surface area contributed by atoms with Gasteiger partial charge < -0.3 is 4.74 Å². The van der Waals surface area contributed by atoms with Crippen LogP contribution in [0.15, 0.2) is 10.5 Å². The highest BCUT2D eigenvalue weighted by Crippen LogP contribution is 2.29. The molecule has 0 radical (unpaired) electrons. The third kappa shape index (κ3) is 1.32. The van der Waals surface area contributed by atoms with Crippen molar-refractivity contribution < 1.29 is 18.3 Å². The Hall–Kier alpha value is -0.970. The van der Waals surface area contributed by atoms with E-state index in [-0.39, 0.29) is 16.6 Å². The lowest BCUT2D eigenvalue weighted by molar-refractivity contribution is 0.0472. The van der Waals surface area contributed by atoms with Gasteiger partial charge in [0.1, 0.15) is 11.6 Å². The van der Waals surface area contributed by atoms with E-state index in [1.54, 1.807) is 0 Å². The maximum Gasteiger partial charge on any atom is 0.341 e. The number of benzene rings is 1. The van der Waals surface area contributed by atoms with E-state index in [0.29, 0.717) is 18.1 Å². The largest absolute Gasteiger partial charge is 0.462 e. The Balaban J connectivity index is 2.72. The molecule has 0 saturated heterocycles. The fraction of sp³-hybridized carbons (Fsp3) is 0.222. The highest BCUT2D eigenvalue weighted by atomic mass is 79.9. The van der Waals surface area contributed by atoms with E-state index >= 15 is 0 Å². The lowest BCUT2D eigenvalue weighted by atomic mass is 10.0. The Kier molecular flexibility index (Phi) is 2.26. The number of rotatable bonds is 0. The predicted octanol–water partition coefficient (Wildman–Crippen LogP) is 2.44. The van der Waals surface area contributed by atoms with Crippen molar-refractivity contribution in [2.75, 3.05) is 6.61 Å². The minimum atomic E-state index is -0.870. The van der Waals surface area contributed by atoms with Crippen molar-refractivity contribution >= 4 is 21.9 Å². The fourth-order valence-corrected chi connectivity index (χ4v) is 1.93. The molecule has 0 spiro atoms. The maximum absolute atomic E-state index is 13.2. The zero-order valence-corrected chi connectivity index (χ0v) is 8.53. The van der Waals surface area contributed by atoms with Crippen LogP contribution >= 0.6 is 15.9 Å². The standard InChI is InChI=1S/C9H5BrF2O2/c10-8-4-1-2-14-9(13)7(4)5(11)3-6(8)12/h3H,1-2H2. The highest BCUT2D eigenvalue weighted by Gasteiger charge is 2.26. The summed E-state index contributed by atoms with van der Waals surface area (Å²) < 4.78 is 31.1. The van der Waals surface area contributed by atoms with Gasteiger partial charge >= 0.3 is 5.97 Å². The van der Waals surface area contributed by atoms with E-state index in [4.69, 9.17) is 0 Å². The van der Waals surface area contributed by atoms with Gasteiger partial charge in [0.25, 0.3) is 0 Å². The molecule has 2 nitrogen and oxygen atoms in total. The summed E-state index contributed by atoms with van der Waals surface area (Å²) in [5.74, 6) is -2.30. The summed E-state index contributed by atoms with van der Waals surface area (Å²) in [6, 6.07) is 0.676. The number of cyclic esters (lactones) is 1. The number of halogens is 3. The Morgan fingerprint density at radius 3 is 2.79 bits per heavy atom. The van der Waals surface area contributed by atoms with Crippen molar-refractivity contribution in [3.8, 4) is 0 Å². The van der Waals surface area contributed by atoms with Crippen LogP contribution in [-0.4, -0.2) is 12.6 Å². The average Bonchev–Trinajstić information content (AvgIpc) is 2.14. The van der Waals surface area contributed by atoms with Gasteiger partial charge in [0.05, 0.1) is 16.6 Å². The Morgan fingerprint density at radius 1 is 1.36 bits per heavy atom. The number of carbonyl (C=O) groups excluding carboxylic acids is 1. The van der Waals surface area contributed by atoms with E-state index in [0.717, 1.165) is 0 Å². The summed E-state index contributed by atoms with van der Waals surface area (Å²) in [6.07, 6.45) is 0.330. The molecule has 74 valence electrons. The van der Waals surface area contributed by atoms with Crippen LogP contribution in [0.25, 0.3) is 0 Å². The molecule has 1 aliphatic heterocycles. The number of esters is 1. The molecule has 0 saturated carbocycles. The zero-order chi connectivity index (χ0) is 10.3. The van der Waals surface area contributed by atoms with Crippen molar-refractivity contribution in [3.63, 3.8) is 0 Å². The van der Waals surface area contributed by atoms with Gasteiger partial charge in [0.2, 0.25) is 0 Å². The smallest absolute Gasteiger partial charge is 0.341 e. The zero-order valence-electron chi connectivity index (χ0n) is 6.94. The van der Waals surface area contributed by atoms with Gasteiger partial charge in [-0.3, -0.25) is 0 Å². The van der Waals surface area contributed by atoms with Crippen LogP contribution in [-0.2, 0) is 11.2 Å². The first kappa shape index (κ1) is 9.58. The molecule has 1 aromatic rings. The van der Waals surface area contributed by atoms with Gasteiger partial charge in [0, 0.05) is 12.5 Å². The molecule has 2 rings (SSSR count). The maximum atomic E-state index is 13.2. The van der Waals surface area contributed by atoms with Crippen LogP contribution in [0.4, 0.5) is 8.78 Å². The second-order valence-electron chi connectivity index (χ2n) is 2.89. The number of carbonyl (C=O) groups is 1. The molecule has 0 unspecified atom stereocenters. The first-order chi connectivity index (χ1) is 6.61. The lowest BCUT2D eigenvalue weighted by Gasteiger charge is -2.17. The van der Waals surface area contributed by atoms with Crippen molar-refractivity contribution in [2.24, 2.45) is 0 Å². The van der Waals surface area contributed by atoms with Crippen LogP contribution in [0.1, 0.15) is 15.9 Å². The van der Waals surface area contributed by atoms with Crippen LogP contribution in [0, 0.1) is 11.6 Å². The summed E-state index contributed by atoms with van der Waals surface area (Å²) >= 11 is 2.98. The van der Waals surface area contributed by atoms with E-state index in [1.165, 1.54) is 0 Å². The average molecular weight is 263 g/mol. The van der Waals surface area contributed by atoms with Crippen LogP contribution < -0.4 is 0 Å². The normalized spacial score (nSPS) is 14.9. The Bertz CT molecular complexity index is 418. The molecule has 1 aliphatic rings. The molecular weight excluding hydrogens is 258 g/mol. The van der Waals surface area contributed by atoms with Crippen molar-refractivity contribution in [1.82, 2.24) is 0 Å². The van der Waals surface area contributed by atoms with Gasteiger partial charge in [-0.05, 0) is 21.5 Å². The summed E-state index contributed by atoms with van der Waals surface area (Å²) in [4.78, 5) is 11.2. The van der Waals surface area contributed by atoms with E-state index in [2.05, 4.69) is 20.7 Å². The lowest BCUT2D eigenvalue weighted by Crippen LogP contribution is -2.20. The topological polar surface area (TPSA) is 26.3 Å². The van der Waals surface area contributed by atoms with E-state index < -0.39 is 17.6 Å². The third-order valence-corrected chi connectivity index (χ3v) is 2.92. The number of hydrogen-bond acceptors (Lipinski definition) is 2. The monoisotopic (exact) mass is 262 g/mol. The molecule has 0 amide bonds. The molecule has 1 heterocycles. The highest BCUT2D eigenvalue weighted by molar-refractivity contribution is 9.10.